The molecule has 2 unspecified atom stereocenters. The summed E-state index contributed by atoms with van der Waals surface area (Å²) >= 11 is 0. The van der Waals surface area contributed by atoms with Gasteiger partial charge in [-0.3, -0.25) is 4.79 Å². The van der Waals surface area contributed by atoms with E-state index < -0.39 is 17.5 Å². The predicted octanol–water partition coefficient (Wildman–Crippen LogP) is 1.40. The zero-order chi connectivity index (χ0) is 18.9. The number of aromatic nitrogens is 2. The maximum absolute atomic E-state index is 12.3. The zero-order valence-corrected chi connectivity index (χ0v) is 15.4. The quantitative estimate of drug-likeness (QED) is 0.799. The summed E-state index contributed by atoms with van der Waals surface area (Å²) in [7, 11) is 3.12. The van der Waals surface area contributed by atoms with E-state index in [0.29, 0.717) is 29.4 Å². The minimum Gasteiger partial charge on any atom is -0.493 e. The molecule has 1 saturated heterocycles. The van der Waals surface area contributed by atoms with Gasteiger partial charge in [-0.1, -0.05) is 0 Å². The molecule has 0 radical (unpaired) electrons. The summed E-state index contributed by atoms with van der Waals surface area (Å²) in [6.07, 6.45) is 0.599. The summed E-state index contributed by atoms with van der Waals surface area (Å²) in [6.45, 7) is 4.30. The van der Waals surface area contributed by atoms with Gasteiger partial charge in [0.05, 0.1) is 32.4 Å². The highest BCUT2D eigenvalue weighted by Gasteiger charge is 2.49. The van der Waals surface area contributed by atoms with Gasteiger partial charge in [-0.05, 0) is 19.9 Å². The van der Waals surface area contributed by atoms with Crippen molar-refractivity contribution in [3.05, 3.63) is 18.5 Å². The first-order chi connectivity index (χ1) is 12.4. The number of aliphatic hydroxyl groups excluding tert-OH is 1. The molecule has 0 bridgehead atoms. The molecular formula is C18H23N3O5. The third-order valence-corrected chi connectivity index (χ3v) is 4.81. The Morgan fingerprint density at radius 1 is 1.31 bits per heavy atom. The first kappa shape index (κ1) is 18.2. The zero-order valence-electron chi connectivity index (χ0n) is 15.4. The van der Waals surface area contributed by atoms with E-state index in [4.69, 9.17) is 14.2 Å². The van der Waals surface area contributed by atoms with E-state index in [2.05, 4.69) is 9.97 Å². The Kier molecular flexibility index (Phi) is 4.86. The summed E-state index contributed by atoms with van der Waals surface area (Å²) < 4.78 is 15.8. The van der Waals surface area contributed by atoms with Crippen molar-refractivity contribution in [1.29, 1.82) is 0 Å². The summed E-state index contributed by atoms with van der Waals surface area (Å²) in [6, 6.07) is 3.58. The predicted molar refractivity (Wildman–Crippen MR) is 95.6 cm³/mol. The van der Waals surface area contributed by atoms with Crippen LogP contribution in [0.1, 0.15) is 13.8 Å². The van der Waals surface area contributed by atoms with Gasteiger partial charge in [0.25, 0.3) is 0 Å². The number of rotatable bonds is 5. The second-order valence-electron chi connectivity index (χ2n) is 6.46. The van der Waals surface area contributed by atoms with Gasteiger partial charge in [-0.15, -0.1) is 0 Å². The van der Waals surface area contributed by atoms with Crippen LogP contribution in [0.4, 0.5) is 5.82 Å². The number of nitrogens with zero attached hydrogens (tertiary/aromatic N) is 3. The number of benzene rings is 1. The number of hydrogen-bond acceptors (Lipinski definition) is 8. The number of aliphatic hydroxyl groups is 1. The summed E-state index contributed by atoms with van der Waals surface area (Å²) in [4.78, 5) is 22.9. The first-order valence-corrected chi connectivity index (χ1v) is 8.41. The van der Waals surface area contributed by atoms with E-state index in [-0.39, 0.29) is 13.2 Å². The van der Waals surface area contributed by atoms with Gasteiger partial charge >= 0.3 is 5.97 Å². The van der Waals surface area contributed by atoms with Crippen LogP contribution in [-0.4, -0.2) is 61.1 Å². The molecule has 0 saturated carbocycles. The molecule has 1 aliphatic rings. The van der Waals surface area contributed by atoms with Crippen molar-refractivity contribution in [3.8, 4) is 11.5 Å². The Morgan fingerprint density at radius 2 is 2.00 bits per heavy atom. The Labute approximate surface area is 151 Å². The molecule has 8 heteroatoms. The third-order valence-electron chi connectivity index (χ3n) is 4.81. The van der Waals surface area contributed by atoms with Crippen LogP contribution >= 0.6 is 0 Å². The molecule has 1 aromatic heterocycles. The van der Waals surface area contributed by atoms with Crippen LogP contribution in [0, 0.1) is 5.41 Å². The molecule has 8 nitrogen and oxygen atoms in total. The number of carbonyl (C=O) groups excluding carboxylic acids is 1. The van der Waals surface area contributed by atoms with Gasteiger partial charge in [-0.25, -0.2) is 9.97 Å². The van der Waals surface area contributed by atoms with E-state index in [1.54, 1.807) is 40.2 Å². The van der Waals surface area contributed by atoms with Gasteiger partial charge in [0, 0.05) is 24.5 Å². The summed E-state index contributed by atoms with van der Waals surface area (Å²) in [5.74, 6) is 1.35. The number of anilines is 1. The number of esters is 1. The molecule has 1 N–H and O–H groups in total. The van der Waals surface area contributed by atoms with E-state index >= 15 is 0 Å². The summed E-state index contributed by atoms with van der Waals surface area (Å²) in [5, 5.41) is 11.3. The Balaban J connectivity index is 2.02. The number of ether oxygens (including phenoxy) is 3. The number of carbonyl (C=O) groups is 1. The topological polar surface area (TPSA) is 94.0 Å². The maximum atomic E-state index is 12.3. The summed E-state index contributed by atoms with van der Waals surface area (Å²) in [5.41, 5.74) is -0.323. The lowest BCUT2D eigenvalue weighted by atomic mass is 9.87. The van der Waals surface area contributed by atoms with E-state index in [1.165, 1.54) is 6.33 Å². The smallest absolute Gasteiger partial charge is 0.316 e. The van der Waals surface area contributed by atoms with Crippen molar-refractivity contribution >= 4 is 22.7 Å². The standard InChI is InChI=1S/C18H23N3O5/c1-5-26-17(23)18(2)9-21(8-15(18)22)16-11-6-13(24-3)14(25-4)7-12(11)19-10-20-16/h6-7,10,15,22H,5,8-9H2,1-4H3. The number of β-amino-alcohol motifs (C(OH)–C–C–N with tert-alkyl or cyclic N) is 1. The van der Waals surface area contributed by atoms with Crippen molar-refractivity contribution in [1.82, 2.24) is 9.97 Å². The normalized spacial score (nSPS) is 22.5. The molecule has 2 atom stereocenters. The van der Waals surface area contributed by atoms with Gasteiger partial charge < -0.3 is 24.2 Å². The number of methoxy groups -OCH3 is 2. The first-order valence-electron chi connectivity index (χ1n) is 8.41. The van der Waals surface area contributed by atoms with Crippen molar-refractivity contribution in [3.63, 3.8) is 0 Å². The van der Waals surface area contributed by atoms with Crippen LogP contribution in [0.25, 0.3) is 10.9 Å². The molecule has 1 fully saturated rings. The molecule has 0 amide bonds. The molecule has 26 heavy (non-hydrogen) atoms. The molecule has 0 spiro atoms. The Hall–Kier alpha value is -2.61. The van der Waals surface area contributed by atoms with Crippen LogP contribution in [0.2, 0.25) is 0 Å². The van der Waals surface area contributed by atoms with Crippen LogP contribution in [0.5, 0.6) is 11.5 Å². The SMILES string of the molecule is CCOC(=O)C1(C)CN(c2ncnc3cc(OC)c(OC)cc23)CC1O. The third kappa shape index (κ3) is 2.90. The minimum absolute atomic E-state index is 0.272. The van der Waals surface area contributed by atoms with Crippen molar-refractivity contribution in [2.24, 2.45) is 5.41 Å². The molecular weight excluding hydrogens is 338 g/mol. The minimum atomic E-state index is -1.01. The van der Waals surface area contributed by atoms with E-state index in [0.717, 1.165) is 5.39 Å². The largest absolute Gasteiger partial charge is 0.493 e. The molecule has 1 aliphatic heterocycles. The highest BCUT2D eigenvalue weighted by atomic mass is 16.5. The number of fused-ring (bicyclic) bond motifs is 1. The van der Waals surface area contributed by atoms with Gasteiger partial charge in [0.15, 0.2) is 11.5 Å². The molecule has 140 valence electrons. The number of hydrogen-bond donors (Lipinski definition) is 1. The Morgan fingerprint density at radius 3 is 2.65 bits per heavy atom. The van der Waals surface area contributed by atoms with E-state index in [1.807, 2.05) is 4.90 Å². The van der Waals surface area contributed by atoms with Gasteiger partial charge in [0.2, 0.25) is 0 Å². The molecule has 0 aliphatic carbocycles. The second kappa shape index (κ2) is 6.95. The average molecular weight is 361 g/mol. The molecule has 3 rings (SSSR count). The van der Waals surface area contributed by atoms with Crippen LogP contribution in [0.15, 0.2) is 18.5 Å². The van der Waals surface area contributed by atoms with Gasteiger partial charge in [-0.2, -0.15) is 0 Å². The monoisotopic (exact) mass is 361 g/mol. The average Bonchev–Trinajstić information content (AvgIpc) is 2.96. The lowest BCUT2D eigenvalue weighted by Crippen LogP contribution is -2.40. The fourth-order valence-corrected chi connectivity index (χ4v) is 3.26. The lowest BCUT2D eigenvalue weighted by Gasteiger charge is -2.25. The highest BCUT2D eigenvalue weighted by molar-refractivity contribution is 5.92. The van der Waals surface area contributed by atoms with Gasteiger partial charge in [0.1, 0.15) is 17.6 Å². The van der Waals surface area contributed by atoms with Crippen LogP contribution in [-0.2, 0) is 9.53 Å². The van der Waals surface area contributed by atoms with Crippen molar-refractivity contribution < 1.29 is 24.1 Å². The fraction of sp³-hybridized carbons (Fsp3) is 0.500. The molecule has 2 heterocycles. The fourth-order valence-electron chi connectivity index (χ4n) is 3.26. The van der Waals surface area contributed by atoms with Crippen molar-refractivity contribution in [2.75, 3.05) is 38.8 Å². The second-order valence-corrected chi connectivity index (χ2v) is 6.46. The van der Waals surface area contributed by atoms with Crippen LogP contribution in [0.3, 0.4) is 0 Å². The highest BCUT2D eigenvalue weighted by Crippen LogP contribution is 2.39. The molecule has 2 aromatic rings. The van der Waals surface area contributed by atoms with E-state index in [9.17, 15) is 9.90 Å². The maximum Gasteiger partial charge on any atom is 0.316 e. The Bertz CT molecular complexity index is 828. The van der Waals surface area contributed by atoms with Crippen LogP contribution < -0.4 is 14.4 Å². The van der Waals surface area contributed by atoms with Crippen molar-refractivity contribution in [2.45, 2.75) is 20.0 Å². The lowest BCUT2D eigenvalue weighted by molar-refractivity contribution is -0.158. The molecule has 1 aromatic carbocycles.